The number of allylic oxidation sites excluding steroid dienone is 2. The zero-order valence-corrected chi connectivity index (χ0v) is 13.5. The summed E-state index contributed by atoms with van der Waals surface area (Å²) in [5, 5.41) is 3.90. The number of amides is 2. The second kappa shape index (κ2) is 5.76. The molecule has 2 aliphatic rings. The lowest BCUT2D eigenvalue weighted by atomic mass is 9.85. The van der Waals surface area contributed by atoms with Crippen LogP contribution in [0.3, 0.4) is 0 Å². The van der Waals surface area contributed by atoms with Crippen molar-refractivity contribution in [2.24, 2.45) is 11.8 Å². The Morgan fingerprint density at radius 2 is 1.95 bits per heavy atom. The normalized spacial score (nSPS) is 24.3. The number of carbonyl (C=O) groups excluding carboxylic acids is 2. The molecule has 0 aromatic heterocycles. The fourth-order valence-electron chi connectivity index (χ4n) is 3.14. The van der Waals surface area contributed by atoms with Gasteiger partial charge in [0.25, 0.3) is 0 Å². The molecule has 1 aromatic carbocycles. The van der Waals surface area contributed by atoms with E-state index in [1.807, 2.05) is 38.1 Å². The number of carbonyl (C=O) groups is 2. The van der Waals surface area contributed by atoms with Crippen molar-refractivity contribution in [2.75, 3.05) is 12.0 Å². The molecule has 0 radical (unpaired) electrons. The Hall–Kier alpha value is -1.81. The number of nitrogens with one attached hydrogen (secondary N) is 1. The van der Waals surface area contributed by atoms with Gasteiger partial charge in [-0.05, 0) is 43.9 Å². The summed E-state index contributed by atoms with van der Waals surface area (Å²) in [6, 6.07) is 6.08. The topological polar surface area (TPSA) is 49.4 Å². The quantitative estimate of drug-likeness (QED) is 0.871. The number of rotatable bonds is 3. The van der Waals surface area contributed by atoms with Crippen molar-refractivity contribution < 1.29 is 9.59 Å². The molecule has 1 heterocycles. The summed E-state index contributed by atoms with van der Waals surface area (Å²) in [4.78, 5) is 26.2. The number of halogens is 1. The molecule has 1 saturated heterocycles. The lowest BCUT2D eigenvalue weighted by Gasteiger charge is -2.18. The summed E-state index contributed by atoms with van der Waals surface area (Å²) < 4.78 is 0. The minimum atomic E-state index is -0.287. The van der Waals surface area contributed by atoms with Crippen molar-refractivity contribution in [3.05, 3.63) is 40.4 Å². The summed E-state index contributed by atoms with van der Waals surface area (Å²) >= 11 is 6.02. The molecule has 5 heteroatoms. The number of likely N-dealkylation sites (tertiary alicyclic amines) is 1. The molecular weight excluding hydrogens is 300 g/mol. The van der Waals surface area contributed by atoms with Crippen molar-refractivity contribution in [3.8, 4) is 0 Å². The Kier molecular flexibility index (Phi) is 3.96. The SMILES string of the molecule is Cc1ccc(C)c(NCN2C(=O)C3CC=C(Cl)CC3C2=O)c1. The van der Waals surface area contributed by atoms with Gasteiger partial charge in [0.1, 0.15) is 0 Å². The number of fused-ring (bicyclic) bond motifs is 1. The Bertz CT molecular complexity index is 669. The maximum Gasteiger partial charge on any atom is 0.234 e. The Labute approximate surface area is 135 Å². The predicted octanol–water partition coefficient (Wildman–Crippen LogP) is 3.19. The van der Waals surface area contributed by atoms with E-state index in [1.54, 1.807) is 0 Å². The molecule has 2 amide bonds. The fourth-order valence-corrected chi connectivity index (χ4v) is 3.40. The van der Waals surface area contributed by atoms with Gasteiger partial charge in [-0.1, -0.05) is 29.8 Å². The van der Waals surface area contributed by atoms with Gasteiger partial charge in [0.15, 0.2) is 0 Å². The molecule has 1 aliphatic heterocycles. The van der Waals surface area contributed by atoms with Crippen LogP contribution in [-0.2, 0) is 9.59 Å². The molecule has 1 fully saturated rings. The third-order valence-electron chi connectivity index (χ3n) is 4.48. The van der Waals surface area contributed by atoms with Gasteiger partial charge in [0.2, 0.25) is 11.8 Å². The van der Waals surface area contributed by atoms with Crippen LogP contribution in [0.4, 0.5) is 5.69 Å². The largest absolute Gasteiger partial charge is 0.367 e. The first kappa shape index (κ1) is 15.1. The van der Waals surface area contributed by atoms with Gasteiger partial charge < -0.3 is 5.32 Å². The molecule has 2 atom stereocenters. The van der Waals surface area contributed by atoms with Crippen LogP contribution in [0.15, 0.2) is 29.3 Å². The van der Waals surface area contributed by atoms with E-state index in [0.717, 1.165) is 16.8 Å². The van der Waals surface area contributed by atoms with Gasteiger partial charge in [-0.15, -0.1) is 0 Å². The summed E-state index contributed by atoms with van der Waals surface area (Å²) in [5.41, 5.74) is 3.18. The average Bonchev–Trinajstić information content (AvgIpc) is 2.72. The zero-order chi connectivity index (χ0) is 15.9. The van der Waals surface area contributed by atoms with Crippen LogP contribution < -0.4 is 5.32 Å². The van der Waals surface area contributed by atoms with E-state index in [0.29, 0.717) is 17.9 Å². The highest BCUT2D eigenvalue weighted by Gasteiger charge is 2.48. The first-order chi connectivity index (χ1) is 10.5. The van der Waals surface area contributed by atoms with Gasteiger partial charge in [-0.3, -0.25) is 14.5 Å². The van der Waals surface area contributed by atoms with E-state index in [9.17, 15) is 9.59 Å². The van der Waals surface area contributed by atoms with E-state index in [4.69, 9.17) is 11.6 Å². The highest BCUT2D eigenvalue weighted by atomic mass is 35.5. The Morgan fingerprint density at radius 1 is 1.23 bits per heavy atom. The number of anilines is 1. The average molecular weight is 319 g/mol. The second-order valence-electron chi connectivity index (χ2n) is 6.06. The molecule has 22 heavy (non-hydrogen) atoms. The number of hydrogen-bond acceptors (Lipinski definition) is 3. The molecule has 0 spiro atoms. The number of benzene rings is 1. The van der Waals surface area contributed by atoms with Crippen molar-refractivity contribution in [1.29, 1.82) is 0 Å². The second-order valence-corrected chi connectivity index (χ2v) is 6.55. The molecule has 116 valence electrons. The number of hydrogen-bond donors (Lipinski definition) is 1. The third kappa shape index (κ3) is 2.63. The van der Waals surface area contributed by atoms with Crippen molar-refractivity contribution >= 4 is 29.1 Å². The lowest BCUT2D eigenvalue weighted by Crippen LogP contribution is -2.35. The Morgan fingerprint density at radius 3 is 2.73 bits per heavy atom. The zero-order valence-electron chi connectivity index (χ0n) is 12.7. The minimum Gasteiger partial charge on any atom is -0.367 e. The first-order valence-corrected chi connectivity index (χ1v) is 7.86. The summed E-state index contributed by atoms with van der Waals surface area (Å²) in [7, 11) is 0. The van der Waals surface area contributed by atoms with Crippen LogP contribution in [0.1, 0.15) is 24.0 Å². The molecule has 0 saturated carbocycles. The van der Waals surface area contributed by atoms with Gasteiger partial charge in [-0.2, -0.15) is 0 Å². The highest BCUT2D eigenvalue weighted by Crippen LogP contribution is 2.38. The van der Waals surface area contributed by atoms with E-state index in [1.165, 1.54) is 4.90 Å². The van der Waals surface area contributed by atoms with Crippen molar-refractivity contribution in [3.63, 3.8) is 0 Å². The molecule has 3 rings (SSSR count). The molecule has 2 unspecified atom stereocenters. The first-order valence-electron chi connectivity index (χ1n) is 7.48. The number of nitrogens with zero attached hydrogens (tertiary/aromatic N) is 1. The standard InChI is InChI=1S/C17H19ClN2O2/c1-10-3-4-11(2)15(7-10)19-9-20-16(21)13-6-5-12(18)8-14(13)17(20)22/h3-5,7,13-14,19H,6,8-9H2,1-2H3. The third-order valence-corrected chi connectivity index (χ3v) is 4.79. The molecule has 4 nitrogen and oxygen atoms in total. The van der Waals surface area contributed by atoms with Gasteiger partial charge in [-0.25, -0.2) is 0 Å². The van der Waals surface area contributed by atoms with Crippen LogP contribution in [0.5, 0.6) is 0 Å². The monoisotopic (exact) mass is 318 g/mol. The number of aryl methyl sites for hydroxylation is 2. The van der Waals surface area contributed by atoms with Gasteiger partial charge in [0, 0.05) is 10.7 Å². The van der Waals surface area contributed by atoms with Crippen LogP contribution in [0.25, 0.3) is 0 Å². The maximum atomic E-state index is 12.4. The van der Waals surface area contributed by atoms with Crippen LogP contribution >= 0.6 is 11.6 Å². The molecule has 0 bridgehead atoms. The molecule has 1 aliphatic carbocycles. The lowest BCUT2D eigenvalue weighted by molar-refractivity contribution is -0.139. The van der Waals surface area contributed by atoms with Crippen LogP contribution in [0, 0.1) is 25.7 Å². The van der Waals surface area contributed by atoms with Gasteiger partial charge in [0.05, 0.1) is 18.5 Å². The highest BCUT2D eigenvalue weighted by molar-refractivity contribution is 6.30. The Balaban J connectivity index is 1.72. The van der Waals surface area contributed by atoms with Crippen molar-refractivity contribution in [1.82, 2.24) is 4.90 Å². The molecule has 1 N–H and O–H groups in total. The van der Waals surface area contributed by atoms with E-state index in [-0.39, 0.29) is 30.3 Å². The fraction of sp³-hybridized carbons (Fsp3) is 0.412. The number of imide groups is 1. The van der Waals surface area contributed by atoms with Crippen LogP contribution in [-0.4, -0.2) is 23.4 Å². The summed E-state index contributed by atoms with van der Waals surface area (Å²) in [6.45, 7) is 4.23. The summed E-state index contributed by atoms with van der Waals surface area (Å²) in [5.74, 6) is -0.729. The van der Waals surface area contributed by atoms with E-state index >= 15 is 0 Å². The van der Waals surface area contributed by atoms with Crippen molar-refractivity contribution in [2.45, 2.75) is 26.7 Å². The smallest absolute Gasteiger partial charge is 0.234 e. The van der Waals surface area contributed by atoms with Gasteiger partial charge >= 0.3 is 0 Å². The minimum absolute atomic E-state index is 0.0896. The molecule has 1 aromatic rings. The summed E-state index contributed by atoms with van der Waals surface area (Å²) in [6.07, 6.45) is 2.90. The predicted molar refractivity (Wildman–Crippen MR) is 86.4 cm³/mol. The maximum absolute atomic E-state index is 12.4. The van der Waals surface area contributed by atoms with Crippen LogP contribution in [0.2, 0.25) is 0 Å². The molecular formula is C17H19ClN2O2. The van der Waals surface area contributed by atoms with E-state index in [2.05, 4.69) is 5.32 Å². The van der Waals surface area contributed by atoms with E-state index < -0.39 is 0 Å².